The number of esters is 2. The van der Waals surface area contributed by atoms with Crippen molar-refractivity contribution in [1.82, 2.24) is 0 Å². The molecule has 10 heteroatoms. The highest BCUT2D eigenvalue weighted by atomic mass is 31.2. The number of rotatable bonds is 37. The van der Waals surface area contributed by atoms with Crippen LogP contribution in [0.4, 0.5) is 0 Å². The number of phosphoric acid groups is 1. The third-order valence-electron chi connectivity index (χ3n) is 8.41. The Morgan fingerprint density at radius 3 is 1.57 bits per heavy atom. The van der Waals surface area contributed by atoms with Gasteiger partial charge in [0.1, 0.15) is 19.8 Å². The Morgan fingerprint density at radius 1 is 0.571 bits per heavy atom. The first-order chi connectivity index (χ1) is 27.0. The monoisotopic (exact) mass is 805 g/mol. The molecule has 56 heavy (non-hydrogen) atoms. The molecule has 0 aliphatic carbocycles. The number of allylic oxidation sites excluding steroid dienone is 14. The van der Waals surface area contributed by atoms with Crippen LogP contribution in [-0.4, -0.2) is 74.9 Å². The van der Waals surface area contributed by atoms with Gasteiger partial charge in [-0.05, 0) is 83.5 Å². The molecule has 0 aromatic carbocycles. The molecule has 0 spiro atoms. The summed E-state index contributed by atoms with van der Waals surface area (Å²) in [6.45, 7) is 4.17. The minimum Gasteiger partial charge on any atom is -0.462 e. The molecular weight excluding hydrogens is 725 g/mol. The van der Waals surface area contributed by atoms with Crippen molar-refractivity contribution in [3.63, 3.8) is 0 Å². The molecule has 0 bridgehead atoms. The largest absolute Gasteiger partial charge is 0.472 e. The van der Waals surface area contributed by atoms with Gasteiger partial charge in [0, 0.05) is 12.8 Å². The second-order valence-electron chi connectivity index (χ2n) is 15.0. The number of carbonyl (C=O) groups is 2. The molecule has 1 unspecified atom stereocenters. The van der Waals surface area contributed by atoms with Crippen LogP contribution in [0, 0.1) is 0 Å². The lowest BCUT2D eigenvalue weighted by molar-refractivity contribution is -0.870. The summed E-state index contributed by atoms with van der Waals surface area (Å²) in [5, 5.41) is 0. The number of hydrogen-bond acceptors (Lipinski definition) is 7. The van der Waals surface area contributed by atoms with Crippen molar-refractivity contribution in [3.05, 3.63) is 85.1 Å². The van der Waals surface area contributed by atoms with Gasteiger partial charge in [-0.15, -0.1) is 0 Å². The van der Waals surface area contributed by atoms with E-state index in [-0.39, 0.29) is 26.1 Å². The van der Waals surface area contributed by atoms with Gasteiger partial charge in [-0.25, -0.2) is 4.57 Å². The topological polar surface area (TPSA) is 108 Å². The fourth-order valence-corrected chi connectivity index (χ4v) is 5.82. The number of carbonyl (C=O) groups excluding carboxylic acids is 2. The van der Waals surface area contributed by atoms with Crippen LogP contribution in [0.1, 0.15) is 142 Å². The first-order valence-electron chi connectivity index (χ1n) is 21.3. The van der Waals surface area contributed by atoms with E-state index in [9.17, 15) is 19.0 Å². The Morgan fingerprint density at radius 2 is 1.04 bits per heavy atom. The van der Waals surface area contributed by atoms with Crippen LogP contribution in [0.3, 0.4) is 0 Å². The zero-order valence-corrected chi connectivity index (χ0v) is 36.7. The van der Waals surface area contributed by atoms with Crippen molar-refractivity contribution in [3.8, 4) is 0 Å². The molecule has 320 valence electrons. The Hall–Kier alpha value is -2.81. The molecule has 0 aliphatic heterocycles. The number of likely N-dealkylation sites (N-methyl/N-ethyl adjacent to an activating group) is 1. The Bertz CT molecular complexity index is 1230. The van der Waals surface area contributed by atoms with E-state index in [2.05, 4.69) is 98.9 Å². The van der Waals surface area contributed by atoms with Crippen LogP contribution in [0.25, 0.3) is 0 Å². The van der Waals surface area contributed by atoms with Gasteiger partial charge in [-0.1, -0.05) is 131 Å². The Kier molecular flexibility index (Phi) is 35.9. The molecule has 0 amide bonds. The summed E-state index contributed by atoms with van der Waals surface area (Å²) in [6, 6.07) is 0. The molecule has 0 saturated carbocycles. The quantitative estimate of drug-likeness (QED) is 0.0217. The van der Waals surface area contributed by atoms with Gasteiger partial charge in [0.2, 0.25) is 0 Å². The number of quaternary nitrogens is 1. The summed E-state index contributed by atoms with van der Waals surface area (Å²) < 4.78 is 34.2. The van der Waals surface area contributed by atoms with Crippen LogP contribution in [0.15, 0.2) is 85.1 Å². The van der Waals surface area contributed by atoms with Crippen molar-refractivity contribution in [1.29, 1.82) is 0 Å². The molecular formula is C46H79NO8P+. The fraction of sp³-hybridized carbons (Fsp3) is 0.652. The average Bonchev–Trinajstić information content (AvgIpc) is 3.15. The lowest BCUT2D eigenvalue weighted by Crippen LogP contribution is -2.37. The van der Waals surface area contributed by atoms with E-state index in [1.165, 1.54) is 25.7 Å². The lowest BCUT2D eigenvalue weighted by atomic mass is 10.1. The predicted molar refractivity (Wildman–Crippen MR) is 233 cm³/mol. The number of phosphoric ester groups is 1. The molecule has 1 N–H and O–H groups in total. The van der Waals surface area contributed by atoms with Crippen LogP contribution in [0.5, 0.6) is 0 Å². The molecule has 0 aromatic rings. The van der Waals surface area contributed by atoms with Crippen LogP contribution in [-0.2, 0) is 32.7 Å². The first kappa shape index (κ1) is 53.2. The smallest absolute Gasteiger partial charge is 0.462 e. The van der Waals surface area contributed by atoms with E-state index in [0.29, 0.717) is 23.9 Å². The maximum atomic E-state index is 12.7. The molecule has 0 fully saturated rings. The zero-order chi connectivity index (χ0) is 41.4. The number of ether oxygens (including phenoxy) is 2. The van der Waals surface area contributed by atoms with Gasteiger partial charge < -0.3 is 18.9 Å². The summed E-state index contributed by atoms with van der Waals surface area (Å²) in [6.07, 6.45) is 47.8. The molecule has 0 rings (SSSR count). The summed E-state index contributed by atoms with van der Waals surface area (Å²) in [5.74, 6) is -0.894. The molecule has 0 aromatic heterocycles. The fourth-order valence-electron chi connectivity index (χ4n) is 5.08. The van der Waals surface area contributed by atoms with Gasteiger partial charge in [0.05, 0.1) is 27.7 Å². The number of hydrogen-bond donors (Lipinski definition) is 1. The van der Waals surface area contributed by atoms with Crippen molar-refractivity contribution in [2.24, 2.45) is 0 Å². The highest BCUT2D eigenvalue weighted by Gasteiger charge is 2.27. The van der Waals surface area contributed by atoms with Gasteiger partial charge >= 0.3 is 19.8 Å². The molecule has 0 aliphatic rings. The van der Waals surface area contributed by atoms with Gasteiger partial charge in [-0.3, -0.25) is 18.6 Å². The van der Waals surface area contributed by atoms with E-state index in [4.69, 9.17) is 18.5 Å². The summed E-state index contributed by atoms with van der Waals surface area (Å²) in [7, 11) is 1.42. The van der Waals surface area contributed by atoms with Crippen molar-refractivity contribution >= 4 is 19.8 Å². The maximum Gasteiger partial charge on any atom is 0.472 e. The second-order valence-corrected chi connectivity index (χ2v) is 16.4. The third kappa shape index (κ3) is 40.8. The van der Waals surface area contributed by atoms with Crippen LogP contribution >= 0.6 is 7.82 Å². The van der Waals surface area contributed by atoms with E-state index >= 15 is 0 Å². The minimum absolute atomic E-state index is 0.0149. The van der Waals surface area contributed by atoms with Gasteiger partial charge in [-0.2, -0.15) is 0 Å². The van der Waals surface area contributed by atoms with E-state index in [1.54, 1.807) is 0 Å². The van der Waals surface area contributed by atoms with Crippen molar-refractivity contribution in [2.75, 3.05) is 47.5 Å². The summed E-state index contributed by atoms with van der Waals surface area (Å²) in [5.41, 5.74) is 0. The second kappa shape index (κ2) is 37.7. The standard InChI is InChI=1S/C46H78NO8P/c1-6-8-10-12-14-16-18-20-22-23-25-26-28-30-32-34-36-38-45(48)52-42-44(43-54-56(50,51)53-41-40-47(3,4)5)55-46(49)39-37-35-33-31-29-27-24-21-19-17-15-13-11-9-7-2/h9,11,14-17,20-22,24-26,30,32,44H,6-8,10,12-13,18-19,23,27-29,31,33-43H2,1-5H3/p+1/b11-9+,16-14+,17-15+,22-20+,24-21+,26-25+,32-30+/t44-/m1/s1. The van der Waals surface area contributed by atoms with E-state index in [0.717, 1.165) is 77.0 Å². The summed E-state index contributed by atoms with van der Waals surface area (Å²) >= 11 is 0. The van der Waals surface area contributed by atoms with Crippen molar-refractivity contribution in [2.45, 2.75) is 148 Å². The SMILES string of the molecule is CC/C=C/C/C=C/C/C=C/CCCCCCCC(=O)O[C@H](COC(=O)CCC/C=C/C/C=C/C/C=C/C/C=C/CCCCC)COP(=O)(O)OCC[N+](C)(C)C. The maximum absolute atomic E-state index is 12.7. The third-order valence-corrected chi connectivity index (χ3v) is 9.39. The predicted octanol–water partition coefficient (Wildman–Crippen LogP) is 12.0. The highest BCUT2D eigenvalue weighted by molar-refractivity contribution is 7.47. The number of nitrogens with zero attached hydrogens (tertiary/aromatic N) is 1. The van der Waals surface area contributed by atoms with Gasteiger partial charge in [0.25, 0.3) is 0 Å². The van der Waals surface area contributed by atoms with Crippen LogP contribution < -0.4 is 0 Å². The van der Waals surface area contributed by atoms with Crippen molar-refractivity contribution < 1.29 is 42.1 Å². The van der Waals surface area contributed by atoms with Gasteiger partial charge in [0.15, 0.2) is 6.10 Å². The average molecular weight is 805 g/mol. The first-order valence-corrected chi connectivity index (χ1v) is 22.8. The Balaban J connectivity index is 4.52. The molecule has 0 heterocycles. The zero-order valence-electron chi connectivity index (χ0n) is 35.8. The highest BCUT2D eigenvalue weighted by Crippen LogP contribution is 2.43. The summed E-state index contributed by atoms with van der Waals surface area (Å²) in [4.78, 5) is 35.3. The van der Waals surface area contributed by atoms with Crippen LogP contribution in [0.2, 0.25) is 0 Å². The lowest BCUT2D eigenvalue weighted by Gasteiger charge is -2.24. The minimum atomic E-state index is -4.40. The molecule has 0 radical (unpaired) electrons. The van der Waals surface area contributed by atoms with E-state index < -0.39 is 32.5 Å². The van der Waals surface area contributed by atoms with E-state index in [1.807, 2.05) is 21.1 Å². The molecule has 2 atom stereocenters. The molecule has 9 nitrogen and oxygen atoms in total. The Labute approximate surface area is 341 Å². The molecule has 0 saturated heterocycles. The number of unbranched alkanes of at least 4 members (excludes halogenated alkanes) is 9. The normalized spacial score (nSPS) is 14.5.